The van der Waals surface area contributed by atoms with Gasteiger partial charge in [-0.3, -0.25) is 0 Å². The molecule has 1 atom stereocenters. The lowest BCUT2D eigenvalue weighted by atomic mass is 10.1. The third kappa shape index (κ3) is 2.37. The molecule has 1 N–H and O–H groups in total. The van der Waals surface area contributed by atoms with Crippen LogP contribution in [0.2, 0.25) is 0 Å². The zero-order valence-corrected chi connectivity index (χ0v) is 12.2. The number of halogens is 1. The van der Waals surface area contributed by atoms with Crippen LogP contribution in [-0.2, 0) is 6.42 Å². The summed E-state index contributed by atoms with van der Waals surface area (Å²) in [5, 5.41) is 3.39. The van der Waals surface area contributed by atoms with Crippen molar-refractivity contribution in [2.45, 2.75) is 18.9 Å². The Morgan fingerprint density at radius 2 is 2.23 bits per heavy atom. The minimum atomic E-state index is -0.208. The van der Waals surface area contributed by atoms with Crippen molar-refractivity contribution in [1.82, 2.24) is 19.9 Å². The van der Waals surface area contributed by atoms with Gasteiger partial charge in [0.1, 0.15) is 17.2 Å². The van der Waals surface area contributed by atoms with E-state index in [2.05, 4.69) is 14.9 Å². The summed E-state index contributed by atoms with van der Waals surface area (Å²) >= 11 is 0. The Morgan fingerprint density at radius 1 is 1.27 bits per heavy atom. The minimum Gasteiger partial charge on any atom is -0.315 e. The van der Waals surface area contributed by atoms with Gasteiger partial charge in [-0.2, -0.15) is 0 Å². The monoisotopic (exact) mass is 296 g/mol. The molecule has 2 aromatic heterocycles. The summed E-state index contributed by atoms with van der Waals surface area (Å²) in [6.45, 7) is 1.94. The third-order valence-corrected chi connectivity index (χ3v) is 4.17. The van der Waals surface area contributed by atoms with Gasteiger partial charge in [0.25, 0.3) is 0 Å². The van der Waals surface area contributed by atoms with Crippen LogP contribution in [0.25, 0.3) is 11.2 Å². The van der Waals surface area contributed by atoms with Crippen LogP contribution in [0.1, 0.15) is 23.9 Å². The van der Waals surface area contributed by atoms with E-state index in [1.807, 2.05) is 18.2 Å². The lowest BCUT2D eigenvalue weighted by Crippen LogP contribution is -2.16. The maximum Gasteiger partial charge on any atom is 0.160 e. The molecular formula is C17H17FN4. The van der Waals surface area contributed by atoms with Crippen LogP contribution in [0.3, 0.4) is 0 Å². The minimum absolute atomic E-state index is 0.208. The summed E-state index contributed by atoms with van der Waals surface area (Å²) in [5.74, 6) is 0.744. The molecule has 0 saturated carbocycles. The Hall–Kier alpha value is -2.27. The first-order chi connectivity index (χ1) is 10.8. The first-order valence-electron chi connectivity index (χ1n) is 7.58. The predicted octanol–water partition coefficient (Wildman–Crippen LogP) is 2.70. The molecule has 4 nitrogen and oxygen atoms in total. The van der Waals surface area contributed by atoms with Crippen LogP contribution in [-0.4, -0.2) is 27.6 Å². The van der Waals surface area contributed by atoms with Gasteiger partial charge in [-0.1, -0.05) is 12.1 Å². The molecule has 5 heteroatoms. The highest BCUT2D eigenvalue weighted by Gasteiger charge is 2.23. The summed E-state index contributed by atoms with van der Waals surface area (Å²) in [6.07, 6.45) is 3.48. The van der Waals surface area contributed by atoms with Crippen molar-refractivity contribution < 1.29 is 4.39 Å². The molecule has 0 aliphatic carbocycles. The maximum atomic E-state index is 13.4. The van der Waals surface area contributed by atoms with Crippen LogP contribution < -0.4 is 5.32 Å². The SMILES string of the molecule is Fc1cccc(Cc2nc3cccnc3n2C2CCNC2)c1. The smallest absolute Gasteiger partial charge is 0.160 e. The van der Waals surface area contributed by atoms with E-state index in [0.29, 0.717) is 12.5 Å². The zero-order valence-electron chi connectivity index (χ0n) is 12.2. The fraction of sp³-hybridized carbons (Fsp3) is 0.294. The molecule has 3 heterocycles. The summed E-state index contributed by atoms with van der Waals surface area (Å²) in [4.78, 5) is 9.24. The van der Waals surface area contributed by atoms with Gasteiger partial charge in [0.15, 0.2) is 5.65 Å². The van der Waals surface area contributed by atoms with Gasteiger partial charge < -0.3 is 9.88 Å². The summed E-state index contributed by atoms with van der Waals surface area (Å²) < 4.78 is 15.6. The van der Waals surface area contributed by atoms with Gasteiger partial charge >= 0.3 is 0 Å². The Kier molecular flexibility index (Phi) is 3.35. The molecule has 1 fully saturated rings. The molecule has 3 aromatic rings. The first-order valence-corrected chi connectivity index (χ1v) is 7.58. The lowest BCUT2D eigenvalue weighted by molar-refractivity contribution is 0.538. The molecule has 0 amide bonds. The Morgan fingerprint density at radius 3 is 3.05 bits per heavy atom. The fourth-order valence-corrected chi connectivity index (χ4v) is 3.17. The number of aromatic nitrogens is 3. The van der Waals surface area contributed by atoms with Crippen LogP contribution in [0.4, 0.5) is 4.39 Å². The van der Waals surface area contributed by atoms with Crippen molar-refractivity contribution >= 4 is 11.2 Å². The fourth-order valence-electron chi connectivity index (χ4n) is 3.17. The third-order valence-electron chi connectivity index (χ3n) is 4.17. The highest BCUT2D eigenvalue weighted by molar-refractivity contribution is 5.71. The van der Waals surface area contributed by atoms with Gasteiger partial charge in [-0.15, -0.1) is 0 Å². The van der Waals surface area contributed by atoms with E-state index >= 15 is 0 Å². The summed E-state index contributed by atoms with van der Waals surface area (Å²) in [6, 6.07) is 11.0. The second-order valence-electron chi connectivity index (χ2n) is 5.70. The predicted molar refractivity (Wildman–Crippen MR) is 83.3 cm³/mol. The molecule has 112 valence electrons. The molecule has 1 aliphatic rings. The van der Waals surface area contributed by atoms with Crippen LogP contribution >= 0.6 is 0 Å². The van der Waals surface area contributed by atoms with E-state index in [1.165, 1.54) is 6.07 Å². The number of hydrogen-bond donors (Lipinski definition) is 1. The van der Waals surface area contributed by atoms with Crippen molar-refractivity contribution in [2.75, 3.05) is 13.1 Å². The Bertz CT molecular complexity index is 805. The molecule has 0 radical (unpaired) electrons. The maximum absolute atomic E-state index is 13.4. The molecule has 1 saturated heterocycles. The molecule has 1 aromatic carbocycles. The normalized spacial score (nSPS) is 18.1. The number of hydrogen-bond acceptors (Lipinski definition) is 3. The van der Waals surface area contributed by atoms with Crippen molar-refractivity contribution in [2.24, 2.45) is 0 Å². The number of rotatable bonds is 3. The number of imidazole rings is 1. The van der Waals surface area contributed by atoms with Gasteiger partial charge in [-0.05, 0) is 42.8 Å². The highest BCUT2D eigenvalue weighted by atomic mass is 19.1. The van der Waals surface area contributed by atoms with E-state index in [1.54, 1.807) is 18.3 Å². The molecule has 1 aliphatic heterocycles. The highest BCUT2D eigenvalue weighted by Crippen LogP contribution is 2.25. The van der Waals surface area contributed by atoms with Gasteiger partial charge in [-0.25, -0.2) is 14.4 Å². The molecule has 22 heavy (non-hydrogen) atoms. The second-order valence-corrected chi connectivity index (χ2v) is 5.70. The topological polar surface area (TPSA) is 42.7 Å². The van der Waals surface area contributed by atoms with Crippen molar-refractivity contribution in [1.29, 1.82) is 0 Å². The Balaban J connectivity index is 1.80. The molecule has 0 spiro atoms. The van der Waals surface area contributed by atoms with E-state index in [4.69, 9.17) is 4.98 Å². The van der Waals surface area contributed by atoms with Crippen LogP contribution in [0.5, 0.6) is 0 Å². The van der Waals surface area contributed by atoms with Crippen LogP contribution in [0.15, 0.2) is 42.6 Å². The average Bonchev–Trinajstić information content (AvgIpc) is 3.13. The molecular weight excluding hydrogens is 279 g/mol. The number of fused-ring (bicyclic) bond motifs is 1. The lowest BCUT2D eigenvalue weighted by Gasteiger charge is -2.15. The van der Waals surface area contributed by atoms with E-state index in [9.17, 15) is 4.39 Å². The van der Waals surface area contributed by atoms with E-state index in [-0.39, 0.29) is 5.82 Å². The average molecular weight is 296 g/mol. The Labute approximate surface area is 128 Å². The standard InChI is InChI=1S/C17H17FN4/c18-13-4-1-3-12(9-13)10-16-21-15-5-2-7-20-17(15)22(16)14-6-8-19-11-14/h1-5,7,9,14,19H,6,8,10-11H2. The van der Waals surface area contributed by atoms with Crippen molar-refractivity contribution in [3.05, 3.63) is 59.8 Å². The van der Waals surface area contributed by atoms with E-state index in [0.717, 1.165) is 42.1 Å². The zero-order chi connectivity index (χ0) is 14.9. The molecule has 1 unspecified atom stereocenters. The summed E-state index contributed by atoms with van der Waals surface area (Å²) in [5.41, 5.74) is 2.76. The number of benzene rings is 1. The molecule has 0 bridgehead atoms. The first kappa shape index (κ1) is 13.4. The molecule has 4 rings (SSSR count). The number of nitrogens with one attached hydrogen (secondary N) is 1. The van der Waals surface area contributed by atoms with Gasteiger partial charge in [0, 0.05) is 19.2 Å². The van der Waals surface area contributed by atoms with Gasteiger partial charge in [0.05, 0.1) is 6.04 Å². The van der Waals surface area contributed by atoms with Crippen LogP contribution in [0, 0.1) is 5.82 Å². The number of pyridine rings is 1. The van der Waals surface area contributed by atoms with Crippen molar-refractivity contribution in [3.8, 4) is 0 Å². The van der Waals surface area contributed by atoms with Gasteiger partial charge in [0.2, 0.25) is 0 Å². The quantitative estimate of drug-likeness (QED) is 0.808. The summed E-state index contributed by atoms with van der Waals surface area (Å²) in [7, 11) is 0. The second kappa shape index (κ2) is 5.50. The number of nitrogens with zero attached hydrogens (tertiary/aromatic N) is 3. The van der Waals surface area contributed by atoms with Crippen molar-refractivity contribution in [3.63, 3.8) is 0 Å². The largest absolute Gasteiger partial charge is 0.315 e. The van der Waals surface area contributed by atoms with E-state index < -0.39 is 0 Å².